The van der Waals surface area contributed by atoms with Crippen molar-refractivity contribution in [2.75, 3.05) is 26.3 Å². The molecule has 1 N–H and O–H groups in total. The van der Waals surface area contributed by atoms with Gasteiger partial charge < -0.3 is 10.1 Å². The molecule has 0 unspecified atom stereocenters. The van der Waals surface area contributed by atoms with Crippen molar-refractivity contribution in [1.29, 1.82) is 0 Å². The second kappa shape index (κ2) is 6.52. The lowest BCUT2D eigenvalue weighted by atomic mass is 10.0. The summed E-state index contributed by atoms with van der Waals surface area (Å²) in [5.74, 6) is 0. The predicted octanol–water partition coefficient (Wildman–Crippen LogP) is 2.25. The standard InChI is InChI=1S/C10H11N.C4H9NO/c1-8-4-5-10-9(7-8)3-2-6-11-10;1-3-6-4-2-5-1/h4-7H,2-3H2,1H3;5H,1-4H2. The van der Waals surface area contributed by atoms with E-state index in [0.29, 0.717) is 0 Å². The third-order valence-electron chi connectivity index (χ3n) is 2.85. The number of rotatable bonds is 0. The predicted molar refractivity (Wildman–Crippen MR) is 71.3 cm³/mol. The van der Waals surface area contributed by atoms with Crippen molar-refractivity contribution in [2.45, 2.75) is 19.8 Å². The lowest BCUT2D eigenvalue weighted by molar-refractivity contribution is 0.109. The molecule has 1 saturated heterocycles. The summed E-state index contributed by atoms with van der Waals surface area (Å²) in [5, 5.41) is 3.16. The van der Waals surface area contributed by atoms with Crippen LogP contribution in [0.5, 0.6) is 0 Å². The van der Waals surface area contributed by atoms with Crippen molar-refractivity contribution in [3.63, 3.8) is 0 Å². The third kappa shape index (κ3) is 3.95. The third-order valence-corrected chi connectivity index (χ3v) is 2.85. The Kier molecular flexibility index (Phi) is 4.71. The summed E-state index contributed by atoms with van der Waals surface area (Å²) in [6.07, 6.45) is 4.24. The van der Waals surface area contributed by atoms with Crippen LogP contribution in [0.15, 0.2) is 23.2 Å². The Labute approximate surface area is 103 Å². The molecular formula is C14H20N2O. The maximum absolute atomic E-state index is 5.01. The first kappa shape index (κ1) is 12.3. The van der Waals surface area contributed by atoms with Gasteiger partial charge in [0.15, 0.2) is 0 Å². The number of nitrogens with one attached hydrogen (secondary N) is 1. The van der Waals surface area contributed by atoms with E-state index >= 15 is 0 Å². The number of hydrogen-bond acceptors (Lipinski definition) is 3. The van der Waals surface area contributed by atoms with E-state index in [2.05, 4.69) is 35.4 Å². The molecule has 3 nitrogen and oxygen atoms in total. The molecule has 0 aromatic heterocycles. The van der Waals surface area contributed by atoms with Gasteiger partial charge >= 0.3 is 0 Å². The van der Waals surface area contributed by atoms with Gasteiger partial charge in [-0.1, -0.05) is 17.7 Å². The Morgan fingerprint density at radius 3 is 2.71 bits per heavy atom. The van der Waals surface area contributed by atoms with Crippen molar-refractivity contribution in [1.82, 2.24) is 5.32 Å². The second-order valence-electron chi connectivity index (χ2n) is 4.34. The minimum atomic E-state index is 0.889. The van der Waals surface area contributed by atoms with Crippen molar-refractivity contribution >= 4 is 11.9 Å². The summed E-state index contributed by atoms with van der Waals surface area (Å²) in [4.78, 5) is 4.31. The first-order chi connectivity index (χ1) is 8.36. The fourth-order valence-corrected chi connectivity index (χ4v) is 1.94. The van der Waals surface area contributed by atoms with Crippen LogP contribution < -0.4 is 5.32 Å². The molecule has 1 fully saturated rings. The van der Waals surface area contributed by atoms with Crippen molar-refractivity contribution in [3.8, 4) is 0 Å². The second-order valence-corrected chi connectivity index (χ2v) is 4.34. The van der Waals surface area contributed by atoms with Gasteiger partial charge in [-0.25, -0.2) is 0 Å². The van der Waals surface area contributed by atoms with Crippen LogP contribution in [0, 0.1) is 6.92 Å². The molecule has 17 heavy (non-hydrogen) atoms. The summed E-state index contributed by atoms with van der Waals surface area (Å²) < 4.78 is 5.01. The van der Waals surface area contributed by atoms with E-state index in [0.717, 1.165) is 44.8 Å². The van der Waals surface area contributed by atoms with Gasteiger partial charge in [-0.2, -0.15) is 0 Å². The number of morpholine rings is 1. The molecule has 3 heteroatoms. The highest BCUT2D eigenvalue weighted by atomic mass is 16.5. The zero-order valence-electron chi connectivity index (χ0n) is 10.4. The molecule has 0 spiro atoms. The number of benzene rings is 1. The SMILES string of the molecule is C1COCCN1.Cc1ccc2c(c1)CCC=N2. The molecule has 0 amide bonds. The first-order valence-electron chi connectivity index (χ1n) is 6.27. The largest absolute Gasteiger partial charge is 0.379 e. The quantitative estimate of drug-likeness (QED) is 0.744. The summed E-state index contributed by atoms with van der Waals surface area (Å²) in [5.41, 5.74) is 3.88. The van der Waals surface area contributed by atoms with Crippen LogP contribution in [0.2, 0.25) is 0 Å². The summed E-state index contributed by atoms with van der Waals surface area (Å²) in [7, 11) is 0. The van der Waals surface area contributed by atoms with Crippen LogP contribution in [-0.2, 0) is 11.2 Å². The van der Waals surface area contributed by atoms with Crippen LogP contribution in [-0.4, -0.2) is 32.5 Å². The van der Waals surface area contributed by atoms with Crippen LogP contribution in [0.25, 0.3) is 0 Å². The normalized spacial score (nSPS) is 17.9. The molecule has 1 aromatic carbocycles. The molecule has 0 bridgehead atoms. The molecule has 3 rings (SSSR count). The Bertz CT molecular complexity index is 372. The maximum atomic E-state index is 5.01. The smallest absolute Gasteiger partial charge is 0.0657 e. The number of nitrogens with zero attached hydrogens (tertiary/aromatic N) is 1. The van der Waals surface area contributed by atoms with Crippen LogP contribution in [0.4, 0.5) is 5.69 Å². The van der Waals surface area contributed by atoms with Gasteiger partial charge in [-0.05, 0) is 31.4 Å². The number of aliphatic imine (C=N–C) groups is 1. The molecule has 0 aliphatic carbocycles. The topological polar surface area (TPSA) is 33.6 Å². The van der Waals surface area contributed by atoms with Gasteiger partial charge in [0.25, 0.3) is 0 Å². The highest BCUT2D eigenvalue weighted by Crippen LogP contribution is 2.24. The van der Waals surface area contributed by atoms with E-state index in [9.17, 15) is 0 Å². The fourth-order valence-electron chi connectivity index (χ4n) is 1.94. The van der Waals surface area contributed by atoms with Crippen LogP contribution in [0.1, 0.15) is 17.5 Å². The zero-order chi connectivity index (χ0) is 11.9. The van der Waals surface area contributed by atoms with Gasteiger partial charge in [-0.3, -0.25) is 4.99 Å². The number of hydrogen-bond donors (Lipinski definition) is 1. The summed E-state index contributed by atoms with van der Waals surface area (Å²) >= 11 is 0. The molecule has 92 valence electrons. The minimum Gasteiger partial charge on any atom is -0.379 e. The van der Waals surface area contributed by atoms with Crippen molar-refractivity contribution < 1.29 is 4.74 Å². The average molecular weight is 232 g/mol. The molecule has 0 saturated carbocycles. The van der Waals surface area contributed by atoms with Crippen LogP contribution >= 0.6 is 0 Å². The van der Waals surface area contributed by atoms with Gasteiger partial charge in [0.05, 0.1) is 18.9 Å². The Morgan fingerprint density at radius 2 is 2.06 bits per heavy atom. The highest BCUT2D eigenvalue weighted by molar-refractivity contribution is 5.68. The van der Waals surface area contributed by atoms with Crippen LogP contribution in [0.3, 0.4) is 0 Å². The van der Waals surface area contributed by atoms with Gasteiger partial charge in [0.2, 0.25) is 0 Å². The molecule has 1 aromatic rings. The van der Waals surface area contributed by atoms with E-state index in [1.807, 2.05) is 6.21 Å². The van der Waals surface area contributed by atoms with Gasteiger partial charge in [0, 0.05) is 19.3 Å². The molecule has 0 radical (unpaired) electrons. The van der Waals surface area contributed by atoms with E-state index in [4.69, 9.17) is 4.74 Å². The first-order valence-corrected chi connectivity index (χ1v) is 6.27. The maximum Gasteiger partial charge on any atom is 0.0657 e. The summed E-state index contributed by atoms with van der Waals surface area (Å²) in [6, 6.07) is 6.44. The number of aryl methyl sites for hydroxylation is 2. The monoisotopic (exact) mass is 232 g/mol. The highest BCUT2D eigenvalue weighted by Gasteiger charge is 2.03. The molecule has 2 aliphatic heterocycles. The Balaban J connectivity index is 0.000000153. The fraction of sp³-hybridized carbons (Fsp3) is 0.500. The minimum absolute atomic E-state index is 0.889. The Hall–Kier alpha value is -1.19. The van der Waals surface area contributed by atoms with E-state index in [1.54, 1.807) is 0 Å². The lowest BCUT2D eigenvalue weighted by Crippen LogP contribution is -2.30. The Morgan fingerprint density at radius 1 is 1.24 bits per heavy atom. The number of ether oxygens (including phenoxy) is 1. The molecule has 2 heterocycles. The van der Waals surface area contributed by atoms with E-state index in [-0.39, 0.29) is 0 Å². The molecular weight excluding hydrogens is 212 g/mol. The van der Waals surface area contributed by atoms with E-state index in [1.165, 1.54) is 11.1 Å². The summed E-state index contributed by atoms with van der Waals surface area (Å²) in [6.45, 7) is 5.96. The zero-order valence-corrected chi connectivity index (χ0v) is 10.4. The number of fused-ring (bicyclic) bond motifs is 1. The van der Waals surface area contributed by atoms with Gasteiger partial charge in [0.1, 0.15) is 0 Å². The lowest BCUT2D eigenvalue weighted by Gasteiger charge is -2.10. The molecule has 2 aliphatic rings. The van der Waals surface area contributed by atoms with Crippen molar-refractivity contribution in [3.05, 3.63) is 29.3 Å². The van der Waals surface area contributed by atoms with E-state index < -0.39 is 0 Å². The van der Waals surface area contributed by atoms with Crippen molar-refractivity contribution in [2.24, 2.45) is 4.99 Å². The van der Waals surface area contributed by atoms with Gasteiger partial charge in [-0.15, -0.1) is 0 Å². The average Bonchev–Trinajstić information content (AvgIpc) is 2.41. The molecule has 0 atom stereocenters.